The highest BCUT2D eigenvalue weighted by Crippen LogP contribution is 2.48. The Morgan fingerprint density at radius 2 is 1.33 bits per heavy atom. The van der Waals surface area contributed by atoms with Crippen LogP contribution in [-0.2, 0) is 14.4 Å². The molecule has 5 rings (SSSR count). The van der Waals surface area contributed by atoms with E-state index in [0.717, 1.165) is 28.1 Å². The minimum atomic E-state index is -0.866. The number of carbonyl (C=O) groups is 2. The summed E-state index contributed by atoms with van der Waals surface area (Å²) in [6.45, 7) is 3.91. The molecule has 6 heteroatoms. The maximum absolute atomic E-state index is 13.8. The van der Waals surface area contributed by atoms with E-state index in [9.17, 15) is 9.59 Å². The molecule has 0 saturated carbocycles. The molecule has 6 nitrogen and oxygen atoms in total. The van der Waals surface area contributed by atoms with Crippen molar-refractivity contribution < 1.29 is 14.4 Å². The number of fused-ring (bicyclic) bond motifs is 1. The summed E-state index contributed by atoms with van der Waals surface area (Å²) in [7, 11) is 3.98. The average Bonchev–Trinajstić information content (AvgIpc) is 3.31. The number of rotatable bonds is 4. The lowest BCUT2D eigenvalue weighted by Gasteiger charge is -2.30. The van der Waals surface area contributed by atoms with E-state index >= 15 is 0 Å². The number of aryl methyl sites for hydroxylation is 2. The molecule has 3 aromatic rings. The van der Waals surface area contributed by atoms with Crippen molar-refractivity contribution in [3.8, 4) is 0 Å². The van der Waals surface area contributed by atoms with E-state index in [-0.39, 0.29) is 11.8 Å². The molecule has 0 radical (unpaired) electrons. The Balaban J connectivity index is 1.60. The topological polar surface area (TPSA) is 53.1 Å². The molecule has 33 heavy (non-hydrogen) atoms. The summed E-state index contributed by atoms with van der Waals surface area (Å²) in [6, 6.07) is 23.0. The molecule has 3 aromatic carbocycles. The van der Waals surface area contributed by atoms with Crippen LogP contribution in [0.15, 0.2) is 72.8 Å². The van der Waals surface area contributed by atoms with Crippen LogP contribution in [0.4, 0.5) is 17.1 Å². The van der Waals surface area contributed by atoms with Crippen molar-refractivity contribution in [1.82, 2.24) is 0 Å². The van der Waals surface area contributed by atoms with Gasteiger partial charge in [-0.3, -0.25) is 14.4 Å². The van der Waals surface area contributed by atoms with Gasteiger partial charge in [0.05, 0.1) is 17.4 Å². The highest BCUT2D eigenvalue weighted by atomic mass is 16.7. The first-order valence-electron chi connectivity index (χ1n) is 11.1. The molecule has 2 amide bonds. The molecule has 0 spiro atoms. The number of hydrogen-bond acceptors (Lipinski definition) is 5. The maximum Gasteiger partial charge on any atom is 0.266 e. The molecule has 2 aliphatic rings. The number of anilines is 3. The first-order valence-corrected chi connectivity index (χ1v) is 11.1. The van der Waals surface area contributed by atoms with Gasteiger partial charge < -0.3 is 4.90 Å². The molecule has 168 valence electrons. The quantitative estimate of drug-likeness (QED) is 0.561. The lowest BCUT2D eigenvalue weighted by atomic mass is 9.90. The van der Waals surface area contributed by atoms with E-state index in [1.807, 2.05) is 106 Å². The normalized spacial score (nSPS) is 22.1. The molecule has 2 saturated heterocycles. The van der Waals surface area contributed by atoms with Gasteiger partial charge in [0.25, 0.3) is 5.91 Å². The number of amides is 2. The number of hydrogen-bond donors (Lipinski definition) is 0. The third-order valence-electron chi connectivity index (χ3n) is 6.58. The van der Waals surface area contributed by atoms with Crippen LogP contribution in [0.2, 0.25) is 0 Å². The van der Waals surface area contributed by atoms with E-state index in [2.05, 4.69) is 0 Å². The first-order chi connectivity index (χ1) is 15.9. The minimum Gasteiger partial charge on any atom is -0.378 e. The zero-order chi connectivity index (χ0) is 23.3. The second-order valence-electron chi connectivity index (χ2n) is 8.89. The first kappa shape index (κ1) is 21.2. The molecule has 0 aliphatic carbocycles. The lowest BCUT2D eigenvalue weighted by Crippen LogP contribution is -2.37. The maximum atomic E-state index is 13.8. The van der Waals surface area contributed by atoms with Gasteiger partial charge in [0.15, 0.2) is 6.10 Å². The fraction of sp³-hybridized carbons (Fsp3) is 0.259. The molecule has 3 atom stereocenters. The molecule has 2 heterocycles. The molecular weight excluding hydrogens is 414 g/mol. The van der Waals surface area contributed by atoms with Crippen molar-refractivity contribution in [2.75, 3.05) is 29.0 Å². The molecule has 3 unspecified atom stereocenters. The van der Waals surface area contributed by atoms with Gasteiger partial charge in [0.2, 0.25) is 5.91 Å². The third-order valence-corrected chi connectivity index (χ3v) is 6.58. The summed E-state index contributed by atoms with van der Waals surface area (Å²) in [5.74, 6) is -1.18. The smallest absolute Gasteiger partial charge is 0.266 e. The van der Waals surface area contributed by atoms with Crippen molar-refractivity contribution >= 4 is 28.9 Å². The number of carbonyl (C=O) groups excluding carboxylic acids is 2. The van der Waals surface area contributed by atoms with Crippen LogP contribution in [-0.4, -0.2) is 32.0 Å². The number of hydroxylamine groups is 1. The largest absolute Gasteiger partial charge is 0.378 e. The monoisotopic (exact) mass is 441 g/mol. The molecule has 0 bridgehead atoms. The molecule has 2 aliphatic heterocycles. The van der Waals surface area contributed by atoms with Crippen LogP contribution in [0.5, 0.6) is 0 Å². The standard InChI is InChI=1S/C27H27N3O3/c1-17-9-5-7-11-21(17)29-26(31)23-24(19-13-15-20(16-14-19)28(3)4)30(33-25(23)27(29)32)22-12-8-6-10-18(22)2/h5-16,23-25H,1-4H3. The zero-order valence-corrected chi connectivity index (χ0v) is 19.2. The van der Waals surface area contributed by atoms with Crippen LogP contribution < -0.4 is 14.9 Å². The summed E-state index contributed by atoms with van der Waals surface area (Å²) in [5, 5.41) is 1.76. The Morgan fingerprint density at radius 1 is 0.758 bits per heavy atom. The number of imide groups is 1. The van der Waals surface area contributed by atoms with Crippen LogP contribution in [0.25, 0.3) is 0 Å². The van der Waals surface area contributed by atoms with Crippen molar-refractivity contribution in [3.63, 3.8) is 0 Å². The summed E-state index contributed by atoms with van der Waals surface area (Å²) < 4.78 is 0. The summed E-state index contributed by atoms with van der Waals surface area (Å²) >= 11 is 0. The lowest BCUT2D eigenvalue weighted by molar-refractivity contribution is -0.126. The second kappa shape index (κ2) is 8.05. The Hall–Kier alpha value is -3.64. The van der Waals surface area contributed by atoms with Gasteiger partial charge in [0.1, 0.15) is 5.92 Å². The van der Waals surface area contributed by atoms with Crippen molar-refractivity contribution in [2.45, 2.75) is 26.0 Å². The van der Waals surface area contributed by atoms with Crippen LogP contribution in [0, 0.1) is 19.8 Å². The summed E-state index contributed by atoms with van der Waals surface area (Å²) in [4.78, 5) is 36.9. The molecule has 0 aromatic heterocycles. The number of para-hydroxylation sites is 2. The highest BCUT2D eigenvalue weighted by molar-refractivity contribution is 6.24. The predicted octanol–water partition coefficient (Wildman–Crippen LogP) is 4.42. The van der Waals surface area contributed by atoms with Gasteiger partial charge in [-0.25, -0.2) is 9.96 Å². The van der Waals surface area contributed by atoms with Crippen molar-refractivity contribution in [2.24, 2.45) is 5.92 Å². The Kier molecular flexibility index (Phi) is 5.17. The van der Waals surface area contributed by atoms with E-state index < -0.39 is 18.1 Å². The fourth-order valence-corrected chi connectivity index (χ4v) is 4.79. The molecule has 0 N–H and O–H groups in total. The highest BCUT2D eigenvalue weighted by Gasteiger charge is 2.60. The number of benzene rings is 3. The SMILES string of the molecule is Cc1ccccc1N1C(=O)C2ON(c3ccccc3C)C(c3ccc(N(C)C)cc3)C2C1=O. The predicted molar refractivity (Wildman–Crippen MR) is 129 cm³/mol. The van der Waals surface area contributed by atoms with Gasteiger partial charge in [-0.05, 0) is 54.8 Å². The Bertz CT molecular complexity index is 1220. The van der Waals surface area contributed by atoms with E-state index in [1.165, 1.54) is 4.90 Å². The van der Waals surface area contributed by atoms with E-state index in [1.54, 1.807) is 5.06 Å². The van der Waals surface area contributed by atoms with E-state index in [4.69, 9.17) is 4.84 Å². The number of nitrogens with zero attached hydrogens (tertiary/aromatic N) is 3. The van der Waals surface area contributed by atoms with Crippen molar-refractivity contribution in [3.05, 3.63) is 89.5 Å². The molecule has 2 fully saturated rings. The summed E-state index contributed by atoms with van der Waals surface area (Å²) in [5.41, 5.74) is 5.37. The van der Waals surface area contributed by atoms with Crippen molar-refractivity contribution in [1.29, 1.82) is 0 Å². The van der Waals surface area contributed by atoms with Gasteiger partial charge in [-0.2, -0.15) is 0 Å². The Labute approximate surface area is 193 Å². The zero-order valence-electron chi connectivity index (χ0n) is 19.2. The average molecular weight is 442 g/mol. The van der Waals surface area contributed by atoms with Gasteiger partial charge >= 0.3 is 0 Å². The Morgan fingerprint density at radius 3 is 1.91 bits per heavy atom. The summed E-state index contributed by atoms with van der Waals surface area (Å²) in [6.07, 6.45) is -0.866. The van der Waals surface area contributed by atoms with E-state index in [0.29, 0.717) is 5.69 Å². The fourth-order valence-electron chi connectivity index (χ4n) is 4.79. The van der Waals surface area contributed by atoms with Gasteiger partial charge in [0, 0.05) is 19.8 Å². The van der Waals surface area contributed by atoms with Crippen LogP contribution >= 0.6 is 0 Å². The molecular formula is C27H27N3O3. The van der Waals surface area contributed by atoms with Crippen LogP contribution in [0.1, 0.15) is 22.7 Å². The van der Waals surface area contributed by atoms with Crippen LogP contribution in [0.3, 0.4) is 0 Å². The second-order valence-corrected chi connectivity index (χ2v) is 8.89. The van der Waals surface area contributed by atoms with Gasteiger partial charge in [-0.15, -0.1) is 0 Å². The van der Waals surface area contributed by atoms with Gasteiger partial charge in [-0.1, -0.05) is 48.5 Å². The third kappa shape index (κ3) is 3.38. The minimum absolute atomic E-state index is 0.225.